The summed E-state index contributed by atoms with van der Waals surface area (Å²) in [6.07, 6.45) is 0.592. The van der Waals surface area contributed by atoms with E-state index in [1.54, 1.807) is 0 Å². The number of nitrogens with one attached hydrogen (secondary N) is 1. The molecule has 0 amide bonds. The Morgan fingerprint density at radius 2 is 1.71 bits per heavy atom. The Balaban J connectivity index is 0.00000220. The van der Waals surface area contributed by atoms with Gasteiger partial charge in [0, 0.05) is 32.2 Å². The van der Waals surface area contributed by atoms with Gasteiger partial charge in [0.15, 0.2) is 0 Å². The van der Waals surface area contributed by atoms with Gasteiger partial charge in [-0.05, 0) is 23.0 Å². The van der Waals surface area contributed by atoms with Crippen molar-refractivity contribution < 1.29 is 4.39 Å². The number of alkyl halides is 1. The molecule has 1 aliphatic heterocycles. The summed E-state index contributed by atoms with van der Waals surface area (Å²) >= 11 is 0. The lowest BCUT2D eigenvalue weighted by atomic mass is 9.86. The zero-order valence-corrected chi connectivity index (χ0v) is 14.2. The lowest BCUT2D eigenvalue weighted by molar-refractivity contribution is 0.157. The van der Waals surface area contributed by atoms with E-state index in [9.17, 15) is 4.39 Å². The Morgan fingerprint density at radius 1 is 1.14 bits per heavy atom. The number of halogens is 2. The van der Waals surface area contributed by atoms with E-state index in [4.69, 9.17) is 0 Å². The summed E-state index contributed by atoms with van der Waals surface area (Å²) in [6.45, 7) is 10.4. The average molecular weight is 315 g/mol. The van der Waals surface area contributed by atoms with Crippen molar-refractivity contribution in [2.45, 2.75) is 38.6 Å². The molecule has 1 fully saturated rings. The zero-order chi connectivity index (χ0) is 14.6. The van der Waals surface area contributed by atoms with Gasteiger partial charge in [-0.3, -0.25) is 9.29 Å². The molecule has 1 aromatic carbocycles. The third-order valence-electron chi connectivity index (χ3n) is 4.14. The molecule has 0 bridgehead atoms. The molecule has 0 aliphatic carbocycles. The van der Waals surface area contributed by atoms with Crippen molar-refractivity contribution in [1.29, 1.82) is 0 Å². The SMILES string of the molecule is CC(C)(C)c1ccc([C@H](CCF)N2CCNCC2)cc1.Cl. The van der Waals surface area contributed by atoms with Gasteiger partial charge in [-0.1, -0.05) is 45.0 Å². The number of nitrogens with zero attached hydrogens (tertiary/aromatic N) is 1. The maximum Gasteiger partial charge on any atom is 0.0912 e. The van der Waals surface area contributed by atoms with Crippen LogP contribution in [0.3, 0.4) is 0 Å². The van der Waals surface area contributed by atoms with Crippen molar-refractivity contribution in [2.75, 3.05) is 32.9 Å². The van der Waals surface area contributed by atoms with Crippen molar-refractivity contribution in [1.82, 2.24) is 10.2 Å². The summed E-state index contributed by atoms with van der Waals surface area (Å²) in [5, 5.41) is 3.36. The van der Waals surface area contributed by atoms with Crippen molar-refractivity contribution in [2.24, 2.45) is 0 Å². The molecule has 0 saturated carbocycles. The molecule has 1 heterocycles. The van der Waals surface area contributed by atoms with Crippen molar-refractivity contribution in [3.63, 3.8) is 0 Å². The Bertz CT molecular complexity index is 408. The van der Waals surface area contributed by atoms with Crippen LogP contribution in [0.5, 0.6) is 0 Å². The Morgan fingerprint density at radius 3 is 2.19 bits per heavy atom. The van der Waals surface area contributed by atoms with Gasteiger partial charge in [0.05, 0.1) is 6.67 Å². The molecule has 1 atom stereocenters. The fourth-order valence-electron chi connectivity index (χ4n) is 2.86. The Kier molecular flexibility index (Phi) is 7.11. The molecule has 4 heteroatoms. The lowest BCUT2D eigenvalue weighted by Crippen LogP contribution is -2.45. The molecule has 1 N–H and O–H groups in total. The van der Waals surface area contributed by atoms with Gasteiger partial charge in [-0.25, -0.2) is 0 Å². The molecular weight excluding hydrogens is 287 g/mol. The molecule has 1 aromatic rings. The summed E-state index contributed by atoms with van der Waals surface area (Å²) in [4.78, 5) is 2.40. The second kappa shape index (κ2) is 8.11. The standard InChI is InChI=1S/C17H27FN2.ClH/c1-17(2,3)15-6-4-14(5-7-15)16(8-9-18)20-12-10-19-11-13-20;/h4-7,16,19H,8-13H2,1-3H3;1H/t16-;/m0./s1. The van der Waals surface area contributed by atoms with E-state index < -0.39 is 0 Å². The lowest BCUT2D eigenvalue weighted by Gasteiger charge is -2.35. The van der Waals surface area contributed by atoms with Gasteiger partial charge in [0.2, 0.25) is 0 Å². The molecule has 0 spiro atoms. The summed E-state index contributed by atoms with van der Waals surface area (Å²) < 4.78 is 12.9. The van der Waals surface area contributed by atoms with Gasteiger partial charge in [0.1, 0.15) is 0 Å². The molecule has 2 rings (SSSR count). The van der Waals surface area contributed by atoms with Gasteiger partial charge in [-0.2, -0.15) is 0 Å². The van der Waals surface area contributed by atoms with Gasteiger partial charge >= 0.3 is 0 Å². The summed E-state index contributed by atoms with van der Waals surface area (Å²) in [7, 11) is 0. The van der Waals surface area contributed by atoms with Crippen LogP contribution >= 0.6 is 12.4 Å². The molecule has 0 aromatic heterocycles. The highest BCUT2D eigenvalue weighted by molar-refractivity contribution is 5.85. The van der Waals surface area contributed by atoms with E-state index in [1.807, 2.05) is 0 Å². The Hall–Kier alpha value is -0.640. The van der Waals surface area contributed by atoms with Crippen LogP contribution in [0.2, 0.25) is 0 Å². The largest absolute Gasteiger partial charge is 0.314 e. The quantitative estimate of drug-likeness (QED) is 0.911. The van der Waals surface area contributed by atoms with E-state index in [1.165, 1.54) is 11.1 Å². The first kappa shape index (κ1) is 18.4. The number of rotatable bonds is 4. The van der Waals surface area contributed by atoms with E-state index in [0.29, 0.717) is 6.42 Å². The third kappa shape index (κ3) is 4.94. The molecule has 1 saturated heterocycles. The zero-order valence-electron chi connectivity index (χ0n) is 13.4. The van der Waals surface area contributed by atoms with Crippen LogP contribution < -0.4 is 5.32 Å². The molecule has 120 valence electrons. The average Bonchev–Trinajstić information content (AvgIpc) is 2.45. The minimum atomic E-state index is -0.254. The predicted octanol–water partition coefficient (Wildman–Crippen LogP) is 3.71. The fraction of sp³-hybridized carbons (Fsp3) is 0.647. The van der Waals surface area contributed by atoms with Crippen LogP contribution in [0.25, 0.3) is 0 Å². The number of hydrogen-bond acceptors (Lipinski definition) is 2. The highest BCUT2D eigenvalue weighted by Gasteiger charge is 2.22. The molecule has 0 radical (unpaired) electrons. The number of piperazine rings is 1. The first-order chi connectivity index (χ1) is 9.52. The maximum atomic E-state index is 12.9. The number of benzene rings is 1. The maximum absolute atomic E-state index is 12.9. The normalized spacial score (nSPS) is 18.1. The smallest absolute Gasteiger partial charge is 0.0912 e. The first-order valence-electron chi connectivity index (χ1n) is 7.63. The van der Waals surface area contributed by atoms with Crippen molar-refractivity contribution in [3.8, 4) is 0 Å². The highest BCUT2D eigenvalue weighted by atomic mass is 35.5. The molecule has 2 nitrogen and oxygen atoms in total. The van der Waals surface area contributed by atoms with Crippen LogP contribution in [0, 0.1) is 0 Å². The molecule has 21 heavy (non-hydrogen) atoms. The highest BCUT2D eigenvalue weighted by Crippen LogP contribution is 2.28. The molecular formula is C17H28ClFN2. The van der Waals surface area contributed by atoms with E-state index >= 15 is 0 Å². The van der Waals surface area contributed by atoms with Gasteiger partial charge in [-0.15, -0.1) is 12.4 Å². The van der Waals surface area contributed by atoms with Crippen LogP contribution in [0.15, 0.2) is 24.3 Å². The topological polar surface area (TPSA) is 15.3 Å². The summed E-state index contributed by atoms with van der Waals surface area (Å²) in [6, 6.07) is 8.98. The van der Waals surface area contributed by atoms with Crippen LogP contribution in [0.1, 0.15) is 44.4 Å². The monoisotopic (exact) mass is 314 g/mol. The van der Waals surface area contributed by atoms with Crippen molar-refractivity contribution in [3.05, 3.63) is 35.4 Å². The van der Waals surface area contributed by atoms with Gasteiger partial charge in [0.25, 0.3) is 0 Å². The summed E-state index contributed by atoms with van der Waals surface area (Å²) in [5.74, 6) is 0. The van der Waals surface area contributed by atoms with E-state index in [2.05, 4.69) is 55.3 Å². The molecule has 1 aliphatic rings. The minimum Gasteiger partial charge on any atom is -0.314 e. The molecule has 0 unspecified atom stereocenters. The van der Waals surface area contributed by atoms with E-state index in [0.717, 1.165) is 26.2 Å². The number of hydrogen-bond donors (Lipinski definition) is 1. The van der Waals surface area contributed by atoms with Crippen molar-refractivity contribution >= 4 is 12.4 Å². The Labute approximate surface area is 134 Å². The second-order valence-corrected chi connectivity index (χ2v) is 6.65. The third-order valence-corrected chi connectivity index (χ3v) is 4.14. The van der Waals surface area contributed by atoms with Crippen LogP contribution in [-0.4, -0.2) is 37.8 Å². The fourth-order valence-corrected chi connectivity index (χ4v) is 2.86. The van der Waals surface area contributed by atoms with E-state index in [-0.39, 0.29) is 30.5 Å². The van der Waals surface area contributed by atoms with Crippen LogP contribution in [0.4, 0.5) is 4.39 Å². The predicted molar refractivity (Wildman–Crippen MR) is 90.2 cm³/mol. The second-order valence-electron chi connectivity index (χ2n) is 6.65. The summed E-state index contributed by atoms with van der Waals surface area (Å²) in [5.41, 5.74) is 2.75. The van der Waals surface area contributed by atoms with Gasteiger partial charge < -0.3 is 5.32 Å². The first-order valence-corrected chi connectivity index (χ1v) is 7.63. The minimum absolute atomic E-state index is 0. The van der Waals surface area contributed by atoms with Crippen LogP contribution in [-0.2, 0) is 5.41 Å².